The van der Waals surface area contributed by atoms with Gasteiger partial charge in [0.1, 0.15) is 5.82 Å². The second-order valence-electron chi connectivity index (χ2n) is 8.74. The van der Waals surface area contributed by atoms with Crippen molar-refractivity contribution in [1.29, 1.82) is 0 Å². The molecule has 0 atom stereocenters. The van der Waals surface area contributed by atoms with Crippen LogP contribution in [0.2, 0.25) is 0 Å². The molecule has 35 heavy (non-hydrogen) atoms. The first kappa shape index (κ1) is 21.2. The van der Waals surface area contributed by atoms with Gasteiger partial charge in [0.2, 0.25) is 5.95 Å². The zero-order valence-electron chi connectivity index (χ0n) is 19.2. The van der Waals surface area contributed by atoms with E-state index in [2.05, 4.69) is 21.2 Å². The van der Waals surface area contributed by atoms with Crippen LogP contribution in [0.1, 0.15) is 15.9 Å². The predicted molar refractivity (Wildman–Crippen MR) is 133 cm³/mol. The van der Waals surface area contributed by atoms with Crippen molar-refractivity contribution in [3.8, 4) is 11.4 Å². The number of piperazine rings is 1. The van der Waals surface area contributed by atoms with E-state index in [1.807, 2.05) is 53.8 Å². The fourth-order valence-electron chi connectivity index (χ4n) is 4.66. The lowest BCUT2D eigenvalue weighted by Gasteiger charge is -2.35. The molecule has 5 aromatic rings. The number of hydrogen-bond acceptors (Lipinski definition) is 5. The van der Waals surface area contributed by atoms with Gasteiger partial charge in [0, 0.05) is 37.1 Å². The molecule has 1 saturated heterocycles. The van der Waals surface area contributed by atoms with Crippen LogP contribution in [-0.2, 0) is 0 Å². The Morgan fingerprint density at radius 3 is 2.46 bits per heavy atom. The number of carbonyl (C=O) groups excluding carboxylic acids is 1. The smallest absolute Gasteiger partial charge is 0.256 e. The Morgan fingerprint density at radius 2 is 1.66 bits per heavy atom. The molecule has 2 aromatic heterocycles. The van der Waals surface area contributed by atoms with Gasteiger partial charge in [0.25, 0.3) is 5.91 Å². The van der Waals surface area contributed by atoms with Gasteiger partial charge in [0.15, 0.2) is 11.5 Å². The van der Waals surface area contributed by atoms with E-state index in [1.165, 1.54) is 12.1 Å². The maximum absolute atomic E-state index is 14.2. The summed E-state index contributed by atoms with van der Waals surface area (Å²) >= 11 is 0. The number of anilines is 1. The van der Waals surface area contributed by atoms with Gasteiger partial charge in [-0.1, -0.05) is 48.0 Å². The lowest BCUT2D eigenvalue weighted by atomic mass is 10.1. The van der Waals surface area contributed by atoms with E-state index in [9.17, 15) is 9.18 Å². The number of halogens is 1. The van der Waals surface area contributed by atoms with Gasteiger partial charge in [-0.05, 0) is 37.3 Å². The van der Waals surface area contributed by atoms with Gasteiger partial charge < -0.3 is 9.80 Å². The Hall–Kier alpha value is -4.33. The first-order valence-electron chi connectivity index (χ1n) is 11.6. The summed E-state index contributed by atoms with van der Waals surface area (Å²) in [5, 5.41) is 10.0. The van der Waals surface area contributed by atoms with E-state index in [4.69, 9.17) is 4.98 Å². The fourth-order valence-corrected chi connectivity index (χ4v) is 4.66. The molecule has 1 aliphatic heterocycles. The van der Waals surface area contributed by atoms with E-state index in [0.717, 1.165) is 39.4 Å². The van der Waals surface area contributed by atoms with Crippen LogP contribution in [-0.4, -0.2) is 56.6 Å². The first-order chi connectivity index (χ1) is 17.1. The summed E-state index contributed by atoms with van der Waals surface area (Å²) in [5.41, 5.74) is 3.78. The zero-order valence-corrected chi connectivity index (χ0v) is 19.2. The molecule has 0 saturated carbocycles. The summed E-state index contributed by atoms with van der Waals surface area (Å²) < 4.78 is 16.2. The molecule has 0 bridgehead atoms. The summed E-state index contributed by atoms with van der Waals surface area (Å²) in [5.74, 6) is 0.675. The Balaban J connectivity index is 1.39. The normalized spacial score (nSPS) is 14.1. The van der Waals surface area contributed by atoms with Crippen LogP contribution in [0.15, 0.2) is 72.8 Å². The number of hydrogen-bond donors (Lipinski definition) is 0. The zero-order chi connectivity index (χ0) is 23.9. The average molecular weight is 467 g/mol. The molecule has 7 nitrogen and oxygen atoms in total. The van der Waals surface area contributed by atoms with Crippen LogP contribution < -0.4 is 4.90 Å². The minimum atomic E-state index is -0.495. The van der Waals surface area contributed by atoms with Crippen LogP contribution in [0, 0.1) is 12.7 Å². The summed E-state index contributed by atoms with van der Waals surface area (Å²) in [6.45, 7) is 4.10. The third-order valence-corrected chi connectivity index (χ3v) is 6.46. The Kier molecular flexibility index (Phi) is 5.13. The molecule has 1 fully saturated rings. The van der Waals surface area contributed by atoms with Gasteiger partial charge >= 0.3 is 0 Å². The van der Waals surface area contributed by atoms with Crippen LogP contribution in [0.5, 0.6) is 0 Å². The van der Waals surface area contributed by atoms with Crippen molar-refractivity contribution in [2.24, 2.45) is 0 Å². The summed E-state index contributed by atoms with van der Waals surface area (Å²) in [4.78, 5) is 21.7. The molecule has 0 radical (unpaired) electrons. The Bertz CT molecular complexity index is 1570. The molecule has 174 valence electrons. The van der Waals surface area contributed by atoms with E-state index < -0.39 is 5.82 Å². The number of aromatic nitrogens is 4. The highest BCUT2D eigenvalue weighted by atomic mass is 19.1. The van der Waals surface area contributed by atoms with Gasteiger partial charge in [-0.2, -0.15) is 0 Å². The standard InChI is InChI=1S/C27H23FN6O/c1-18-7-6-8-19(17-18)24-30-31-25-21-10-3-5-12-23(21)29-27(34(24)25)33-15-13-32(14-16-33)26(35)20-9-2-4-11-22(20)28/h2-12,17H,13-16H2,1H3. The molecule has 0 aliphatic carbocycles. The molecule has 0 N–H and O–H groups in total. The molecule has 1 aliphatic rings. The maximum Gasteiger partial charge on any atom is 0.256 e. The molecule has 8 heteroatoms. The number of nitrogens with zero attached hydrogens (tertiary/aromatic N) is 6. The van der Waals surface area contributed by atoms with Gasteiger partial charge in [-0.15, -0.1) is 10.2 Å². The number of benzene rings is 3. The van der Waals surface area contributed by atoms with Crippen molar-refractivity contribution >= 4 is 28.4 Å². The van der Waals surface area contributed by atoms with Crippen LogP contribution >= 0.6 is 0 Å². The monoisotopic (exact) mass is 466 g/mol. The topological polar surface area (TPSA) is 66.6 Å². The largest absolute Gasteiger partial charge is 0.338 e. The lowest BCUT2D eigenvalue weighted by Crippen LogP contribution is -2.49. The molecule has 0 spiro atoms. The molecule has 6 rings (SSSR count). The van der Waals surface area contributed by atoms with Crippen molar-refractivity contribution in [2.45, 2.75) is 6.92 Å². The highest BCUT2D eigenvalue weighted by Crippen LogP contribution is 2.29. The molecule has 1 amide bonds. The number of aryl methyl sites for hydroxylation is 1. The molecule has 0 unspecified atom stereocenters. The van der Waals surface area contributed by atoms with Gasteiger partial charge in [-0.25, -0.2) is 13.8 Å². The Labute approximate surface area is 201 Å². The minimum Gasteiger partial charge on any atom is -0.338 e. The third-order valence-electron chi connectivity index (χ3n) is 6.46. The van der Waals surface area contributed by atoms with Crippen molar-refractivity contribution in [3.63, 3.8) is 0 Å². The second kappa shape index (κ2) is 8.47. The maximum atomic E-state index is 14.2. The Morgan fingerprint density at radius 1 is 0.886 bits per heavy atom. The van der Waals surface area contributed by atoms with E-state index >= 15 is 0 Å². The van der Waals surface area contributed by atoms with Crippen molar-refractivity contribution in [1.82, 2.24) is 24.5 Å². The SMILES string of the molecule is Cc1cccc(-c2nnc3c4ccccc4nc(N4CCN(C(=O)c5ccccc5F)CC4)n23)c1. The number of amides is 1. The number of para-hydroxylation sites is 1. The molecular formula is C27H23FN6O. The van der Waals surface area contributed by atoms with Crippen molar-refractivity contribution in [3.05, 3.63) is 89.7 Å². The molecular weight excluding hydrogens is 443 g/mol. The third kappa shape index (κ3) is 3.67. The summed E-state index contributed by atoms with van der Waals surface area (Å²) in [7, 11) is 0. The highest BCUT2D eigenvalue weighted by molar-refractivity contribution is 5.95. The first-order valence-corrected chi connectivity index (χ1v) is 11.6. The lowest BCUT2D eigenvalue weighted by molar-refractivity contribution is 0.0741. The van der Waals surface area contributed by atoms with Crippen LogP contribution in [0.3, 0.4) is 0 Å². The number of carbonyl (C=O) groups is 1. The van der Waals surface area contributed by atoms with Gasteiger partial charge in [0.05, 0.1) is 11.1 Å². The van der Waals surface area contributed by atoms with Crippen molar-refractivity contribution in [2.75, 3.05) is 31.1 Å². The van der Waals surface area contributed by atoms with Crippen LogP contribution in [0.4, 0.5) is 10.3 Å². The predicted octanol–water partition coefficient (Wildman–Crippen LogP) is 4.35. The van der Waals surface area contributed by atoms with E-state index in [1.54, 1.807) is 17.0 Å². The van der Waals surface area contributed by atoms with Crippen LogP contribution in [0.25, 0.3) is 27.9 Å². The van der Waals surface area contributed by atoms with E-state index in [0.29, 0.717) is 26.2 Å². The van der Waals surface area contributed by atoms with Crippen molar-refractivity contribution < 1.29 is 9.18 Å². The second-order valence-corrected chi connectivity index (χ2v) is 8.74. The highest BCUT2D eigenvalue weighted by Gasteiger charge is 2.27. The minimum absolute atomic E-state index is 0.104. The fraction of sp³-hybridized carbons (Fsp3) is 0.185. The summed E-state index contributed by atoms with van der Waals surface area (Å²) in [6, 6.07) is 22.2. The summed E-state index contributed by atoms with van der Waals surface area (Å²) in [6.07, 6.45) is 0. The van der Waals surface area contributed by atoms with E-state index in [-0.39, 0.29) is 11.5 Å². The molecule has 3 heterocycles. The average Bonchev–Trinajstić information content (AvgIpc) is 3.34. The number of fused-ring (bicyclic) bond motifs is 3. The quantitative estimate of drug-likeness (QED) is 0.395. The molecule has 3 aromatic carbocycles. The van der Waals surface area contributed by atoms with Gasteiger partial charge in [-0.3, -0.25) is 4.79 Å². The number of rotatable bonds is 3.